The molecule has 2 aromatic rings. The summed E-state index contributed by atoms with van der Waals surface area (Å²) in [5, 5.41) is 18.2. The first-order valence-corrected chi connectivity index (χ1v) is 6.76. The number of carboxylic acids is 1. The molecule has 0 aliphatic heterocycles. The summed E-state index contributed by atoms with van der Waals surface area (Å²) in [7, 11) is 0. The van der Waals surface area contributed by atoms with Gasteiger partial charge in [-0.15, -0.1) is 0 Å². The standard InChI is InChI=1S/C15H17N3O3/c1-2-6-11(15(20)21)16-14(19)13-9-12(17-18-13)10-7-4-3-5-8-10/h3-5,7-9,11H,2,6H2,1H3,(H,16,19)(H,17,18)(H,20,21)/t11-/m1/s1. The van der Waals surface area contributed by atoms with Crippen molar-refractivity contribution in [1.82, 2.24) is 15.5 Å². The van der Waals surface area contributed by atoms with Crippen molar-refractivity contribution in [3.63, 3.8) is 0 Å². The maximum atomic E-state index is 12.0. The van der Waals surface area contributed by atoms with Crippen molar-refractivity contribution in [3.05, 3.63) is 42.1 Å². The molecular weight excluding hydrogens is 270 g/mol. The average Bonchev–Trinajstić information content (AvgIpc) is 2.97. The summed E-state index contributed by atoms with van der Waals surface area (Å²) < 4.78 is 0. The number of amides is 1. The molecule has 6 nitrogen and oxygen atoms in total. The fourth-order valence-electron chi connectivity index (χ4n) is 1.98. The van der Waals surface area contributed by atoms with Crippen molar-refractivity contribution in [3.8, 4) is 11.3 Å². The van der Waals surface area contributed by atoms with Crippen molar-refractivity contribution >= 4 is 11.9 Å². The third kappa shape index (κ3) is 3.68. The molecule has 1 atom stereocenters. The highest BCUT2D eigenvalue weighted by molar-refractivity contribution is 5.95. The molecule has 0 bridgehead atoms. The Kier molecular flexibility index (Phi) is 4.71. The Hall–Kier alpha value is -2.63. The summed E-state index contributed by atoms with van der Waals surface area (Å²) in [4.78, 5) is 23.1. The summed E-state index contributed by atoms with van der Waals surface area (Å²) in [5.41, 5.74) is 1.77. The largest absolute Gasteiger partial charge is 0.480 e. The van der Waals surface area contributed by atoms with Crippen molar-refractivity contribution < 1.29 is 14.7 Å². The average molecular weight is 287 g/mol. The molecule has 0 fully saturated rings. The van der Waals surface area contributed by atoms with Crippen LogP contribution >= 0.6 is 0 Å². The molecule has 0 radical (unpaired) electrons. The van der Waals surface area contributed by atoms with E-state index in [0.717, 1.165) is 5.56 Å². The normalized spacial score (nSPS) is 11.9. The number of nitrogens with one attached hydrogen (secondary N) is 2. The lowest BCUT2D eigenvalue weighted by molar-refractivity contribution is -0.139. The highest BCUT2D eigenvalue weighted by Gasteiger charge is 2.20. The zero-order chi connectivity index (χ0) is 15.2. The molecule has 21 heavy (non-hydrogen) atoms. The van der Waals surface area contributed by atoms with E-state index in [0.29, 0.717) is 18.5 Å². The van der Waals surface area contributed by atoms with Gasteiger partial charge in [-0.2, -0.15) is 5.10 Å². The Bertz CT molecular complexity index is 622. The van der Waals surface area contributed by atoms with Crippen molar-refractivity contribution in [1.29, 1.82) is 0 Å². The van der Waals surface area contributed by atoms with E-state index in [-0.39, 0.29) is 5.69 Å². The van der Waals surface area contributed by atoms with E-state index in [1.54, 1.807) is 6.07 Å². The zero-order valence-corrected chi connectivity index (χ0v) is 11.7. The highest BCUT2D eigenvalue weighted by Crippen LogP contribution is 2.16. The van der Waals surface area contributed by atoms with Crippen LogP contribution in [0.5, 0.6) is 0 Å². The molecular formula is C15H17N3O3. The highest BCUT2D eigenvalue weighted by atomic mass is 16.4. The molecule has 0 saturated heterocycles. The Morgan fingerprint density at radius 3 is 2.67 bits per heavy atom. The Labute approximate surface area is 122 Å². The first-order valence-electron chi connectivity index (χ1n) is 6.76. The predicted octanol–water partition coefficient (Wildman–Crippen LogP) is 2.06. The molecule has 0 saturated carbocycles. The van der Waals surface area contributed by atoms with Crippen LogP contribution in [0.3, 0.4) is 0 Å². The second-order valence-electron chi connectivity index (χ2n) is 4.69. The fraction of sp³-hybridized carbons (Fsp3) is 0.267. The van der Waals surface area contributed by atoms with Gasteiger partial charge >= 0.3 is 5.97 Å². The van der Waals surface area contributed by atoms with Gasteiger partial charge in [0.15, 0.2) is 0 Å². The first kappa shape index (κ1) is 14.8. The lowest BCUT2D eigenvalue weighted by Gasteiger charge is -2.12. The topological polar surface area (TPSA) is 95.1 Å². The number of H-pyrrole nitrogens is 1. The molecule has 6 heteroatoms. The van der Waals surface area contributed by atoms with Crippen LogP contribution in [-0.4, -0.2) is 33.2 Å². The second-order valence-corrected chi connectivity index (χ2v) is 4.69. The molecule has 0 spiro atoms. The number of benzene rings is 1. The van der Waals surface area contributed by atoms with Gasteiger partial charge in [0, 0.05) is 5.56 Å². The number of carboxylic acid groups (broad SMARTS) is 1. The van der Waals surface area contributed by atoms with Crippen molar-refractivity contribution in [2.24, 2.45) is 0 Å². The molecule has 1 amide bonds. The van der Waals surface area contributed by atoms with Crippen molar-refractivity contribution in [2.45, 2.75) is 25.8 Å². The third-order valence-corrected chi connectivity index (χ3v) is 3.07. The van der Waals surface area contributed by atoms with Crippen LogP contribution in [0.1, 0.15) is 30.3 Å². The van der Waals surface area contributed by atoms with E-state index in [1.165, 1.54) is 0 Å². The van der Waals surface area contributed by atoms with Gasteiger partial charge < -0.3 is 10.4 Å². The maximum Gasteiger partial charge on any atom is 0.326 e. The number of hydrogen-bond donors (Lipinski definition) is 3. The number of rotatable bonds is 6. The number of aromatic amines is 1. The minimum absolute atomic E-state index is 0.246. The van der Waals surface area contributed by atoms with Gasteiger partial charge in [-0.1, -0.05) is 43.7 Å². The minimum Gasteiger partial charge on any atom is -0.480 e. The van der Waals surface area contributed by atoms with Gasteiger partial charge in [0.1, 0.15) is 11.7 Å². The monoisotopic (exact) mass is 287 g/mol. The van der Waals surface area contributed by atoms with E-state index >= 15 is 0 Å². The van der Waals surface area contributed by atoms with Crippen LogP contribution in [0.2, 0.25) is 0 Å². The predicted molar refractivity (Wildman–Crippen MR) is 77.8 cm³/mol. The van der Waals surface area contributed by atoms with E-state index in [9.17, 15) is 9.59 Å². The van der Waals surface area contributed by atoms with Crippen LogP contribution < -0.4 is 5.32 Å². The smallest absolute Gasteiger partial charge is 0.326 e. The summed E-state index contributed by atoms with van der Waals surface area (Å²) >= 11 is 0. The van der Waals surface area contributed by atoms with Crippen LogP contribution in [-0.2, 0) is 4.79 Å². The van der Waals surface area contributed by atoms with Crippen LogP contribution in [0.25, 0.3) is 11.3 Å². The number of nitrogens with zero attached hydrogens (tertiary/aromatic N) is 1. The second kappa shape index (κ2) is 6.69. The molecule has 2 rings (SSSR count). The number of carbonyl (C=O) groups excluding carboxylic acids is 1. The lowest BCUT2D eigenvalue weighted by atomic mass is 10.1. The molecule has 0 aliphatic carbocycles. The molecule has 110 valence electrons. The summed E-state index contributed by atoms with van der Waals surface area (Å²) in [6.45, 7) is 1.87. The molecule has 3 N–H and O–H groups in total. The Balaban J connectivity index is 2.10. The molecule has 0 aliphatic rings. The lowest BCUT2D eigenvalue weighted by Crippen LogP contribution is -2.40. The van der Waals surface area contributed by atoms with E-state index in [2.05, 4.69) is 15.5 Å². The minimum atomic E-state index is -1.03. The number of aliphatic carboxylic acids is 1. The molecule has 1 heterocycles. The molecule has 1 aromatic heterocycles. The fourth-order valence-corrected chi connectivity index (χ4v) is 1.98. The van der Waals surface area contributed by atoms with Crippen LogP contribution in [0.4, 0.5) is 0 Å². The van der Waals surface area contributed by atoms with Crippen LogP contribution in [0, 0.1) is 0 Å². The van der Waals surface area contributed by atoms with Gasteiger partial charge in [-0.3, -0.25) is 9.89 Å². The van der Waals surface area contributed by atoms with Gasteiger partial charge in [0.25, 0.3) is 5.91 Å². The summed E-state index contributed by atoms with van der Waals surface area (Å²) in [6, 6.07) is 10.1. The van der Waals surface area contributed by atoms with Gasteiger partial charge in [-0.05, 0) is 12.5 Å². The molecule has 1 aromatic carbocycles. The quantitative estimate of drug-likeness (QED) is 0.757. The number of aromatic nitrogens is 2. The van der Waals surface area contributed by atoms with E-state index < -0.39 is 17.9 Å². The number of carbonyl (C=O) groups is 2. The Morgan fingerprint density at radius 1 is 1.33 bits per heavy atom. The summed E-state index contributed by atoms with van der Waals surface area (Å²) in [5.74, 6) is -1.50. The summed E-state index contributed by atoms with van der Waals surface area (Å²) in [6.07, 6.45) is 1.07. The SMILES string of the molecule is CCC[C@@H](NC(=O)c1cc(-c2ccccc2)n[nH]1)C(=O)O. The number of hydrogen-bond acceptors (Lipinski definition) is 3. The van der Waals surface area contributed by atoms with E-state index in [4.69, 9.17) is 5.11 Å². The van der Waals surface area contributed by atoms with E-state index in [1.807, 2.05) is 37.3 Å². The zero-order valence-electron chi connectivity index (χ0n) is 11.7. The van der Waals surface area contributed by atoms with Gasteiger partial charge in [0.05, 0.1) is 5.69 Å². The first-order chi connectivity index (χ1) is 10.1. The Morgan fingerprint density at radius 2 is 2.05 bits per heavy atom. The van der Waals surface area contributed by atoms with Crippen molar-refractivity contribution in [2.75, 3.05) is 0 Å². The third-order valence-electron chi connectivity index (χ3n) is 3.07. The van der Waals surface area contributed by atoms with Crippen LogP contribution in [0.15, 0.2) is 36.4 Å². The van der Waals surface area contributed by atoms with Gasteiger partial charge in [0.2, 0.25) is 0 Å². The molecule has 0 unspecified atom stereocenters. The maximum absolute atomic E-state index is 12.0. The van der Waals surface area contributed by atoms with Gasteiger partial charge in [-0.25, -0.2) is 4.79 Å².